The molecule has 1 fully saturated rings. The number of amides is 1. The third-order valence-corrected chi connectivity index (χ3v) is 6.19. The number of esters is 1. The molecule has 1 unspecified atom stereocenters. The Bertz CT molecular complexity index is 751. The van der Waals surface area contributed by atoms with Gasteiger partial charge in [0.2, 0.25) is 0 Å². The maximum absolute atomic E-state index is 12.3. The van der Waals surface area contributed by atoms with E-state index in [1.807, 2.05) is 12.1 Å². The van der Waals surface area contributed by atoms with Crippen LogP contribution in [0.4, 0.5) is 10.5 Å². The van der Waals surface area contributed by atoms with Crippen molar-refractivity contribution in [3.8, 4) is 0 Å². The second-order valence-corrected chi connectivity index (χ2v) is 8.26. The fourth-order valence-corrected chi connectivity index (χ4v) is 4.52. The molecule has 152 valence electrons. The number of benzene rings is 1. The molecule has 5 nitrogen and oxygen atoms in total. The highest BCUT2D eigenvalue weighted by Crippen LogP contribution is 2.44. The second-order valence-electron chi connectivity index (χ2n) is 8.26. The topological polar surface area (TPSA) is 55.8 Å². The first kappa shape index (κ1) is 20.4. The largest absolute Gasteiger partial charge is 0.465 e. The quantitative estimate of drug-likeness (QED) is 0.514. The molecule has 2 aliphatic rings. The summed E-state index contributed by atoms with van der Waals surface area (Å²) in [5, 5.41) is 0. The zero-order chi connectivity index (χ0) is 20.1. The number of allylic oxidation sites excluding steroid dienone is 2. The molecule has 1 saturated carbocycles. The molecule has 0 aromatic heterocycles. The summed E-state index contributed by atoms with van der Waals surface area (Å²) in [6.45, 7) is 2.67. The van der Waals surface area contributed by atoms with Crippen LogP contribution >= 0.6 is 0 Å². The molecule has 1 aliphatic heterocycles. The van der Waals surface area contributed by atoms with Crippen molar-refractivity contribution in [2.75, 3.05) is 25.7 Å². The number of rotatable bonds is 5. The standard InChI is InChI=1S/C23H31NO4/c1-23(14-8-7-11-17-9-5-4-6-10-17)16-24(22(26)28-3)20-13-12-18(15-19(20)23)21(25)27-2/h7-8,12-13,15,17H,4-6,9-11,14,16H2,1-3H3/b8-7+. The molecule has 1 amide bonds. The van der Waals surface area contributed by atoms with E-state index >= 15 is 0 Å². The van der Waals surface area contributed by atoms with Gasteiger partial charge in [0.05, 0.1) is 25.5 Å². The van der Waals surface area contributed by atoms with Crippen LogP contribution in [0, 0.1) is 5.92 Å². The molecule has 1 aromatic rings. The number of fused-ring (bicyclic) bond motifs is 1. The highest BCUT2D eigenvalue weighted by atomic mass is 16.5. The van der Waals surface area contributed by atoms with Crippen molar-refractivity contribution < 1.29 is 19.1 Å². The lowest BCUT2D eigenvalue weighted by atomic mass is 9.80. The second kappa shape index (κ2) is 8.80. The number of hydrogen-bond acceptors (Lipinski definition) is 4. The lowest BCUT2D eigenvalue weighted by molar-refractivity contribution is 0.0600. The summed E-state index contributed by atoms with van der Waals surface area (Å²) in [7, 11) is 2.77. The number of carbonyl (C=O) groups is 2. The molecule has 1 atom stereocenters. The number of methoxy groups -OCH3 is 2. The summed E-state index contributed by atoms with van der Waals surface area (Å²) >= 11 is 0. The van der Waals surface area contributed by atoms with Gasteiger partial charge >= 0.3 is 12.1 Å². The Labute approximate surface area is 167 Å². The van der Waals surface area contributed by atoms with Crippen LogP contribution < -0.4 is 4.90 Å². The monoisotopic (exact) mass is 385 g/mol. The number of carbonyl (C=O) groups excluding carboxylic acids is 2. The molecule has 0 saturated heterocycles. The van der Waals surface area contributed by atoms with Gasteiger partial charge in [0, 0.05) is 12.0 Å². The van der Waals surface area contributed by atoms with Gasteiger partial charge in [-0.2, -0.15) is 0 Å². The third kappa shape index (κ3) is 4.23. The number of nitrogens with zero attached hydrogens (tertiary/aromatic N) is 1. The molecule has 28 heavy (non-hydrogen) atoms. The van der Waals surface area contributed by atoms with Gasteiger partial charge in [-0.1, -0.05) is 51.2 Å². The van der Waals surface area contributed by atoms with Crippen LogP contribution in [0.5, 0.6) is 0 Å². The van der Waals surface area contributed by atoms with E-state index in [9.17, 15) is 9.59 Å². The van der Waals surface area contributed by atoms with Gasteiger partial charge in [0.1, 0.15) is 0 Å². The van der Waals surface area contributed by atoms with Crippen LogP contribution in [0.3, 0.4) is 0 Å². The van der Waals surface area contributed by atoms with Crippen molar-refractivity contribution in [2.45, 2.75) is 57.3 Å². The molecular weight excluding hydrogens is 354 g/mol. The highest BCUT2D eigenvalue weighted by molar-refractivity contribution is 5.95. The van der Waals surface area contributed by atoms with Crippen molar-refractivity contribution in [3.05, 3.63) is 41.5 Å². The zero-order valence-electron chi connectivity index (χ0n) is 17.2. The first-order chi connectivity index (χ1) is 13.5. The van der Waals surface area contributed by atoms with Crippen LogP contribution in [0.2, 0.25) is 0 Å². The molecule has 5 heteroatoms. The predicted octanol–water partition coefficient (Wildman–Crippen LogP) is 5.23. The minimum Gasteiger partial charge on any atom is -0.465 e. The van der Waals surface area contributed by atoms with Gasteiger partial charge in [-0.05, 0) is 42.5 Å². The van der Waals surface area contributed by atoms with Crippen LogP contribution in [0.15, 0.2) is 30.4 Å². The maximum Gasteiger partial charge on any atom is 0.414 e. The van der Waals surface area contributed by atoms with Crippen molar-refractivity contribution in [1.82, 2.24) is 0 Å². The summed E-state index contributed by atoms with van der Waals surface area (Å²) < 4.78 is 9.83. The Morgan fingerprint density at radius 2 is 1.89 bits per heavy atom. The van der Waals surface area contributed by atoms with Crippen LogP contribution in [0.1, 0.15) is 67.8 Å². The summed E-state index contributed by atoms with van der Waals surface area (Å²) in [5.41, 5.74) is 2.03. The molecule has 0 bridgehead atoms. The van der Waals surface area contributed by atoms with Gasteiger partial charge in [0.25, 0.3) is 0 Å². The van der Waals surface area contributed by atoms with Crippen LogP contribution in [-0.2, 0) is 14.9 Å². The van der Waals surface area contributed by atoms with Gasteiger partial charge in [0.15, 0.2) is 0 Å². The minimum absolute atomic E-state index is 0.267. The Hall–Kier alpha value is -2.30. The first-order valence-corrected chi connectivity index (χ1v) is 10.2. The van der Waals surface area contributed by atoms with Crippen molar-refractivity contribution in [2.24, 2.45) is 5.92 Å². The Morgan fingerprint density at radius 3 is 2.57 bits per heavy atom. The average molecular weight is 386 g/mol. The molecule has 0 spiro atoms. The lowest BCUT2D eigenvalue weighted by Crippen LogP contribution is -2.35. The Morgan fingerprint density at radius 1 is 1.14 bits per heavy atom. The molecule has 1 heterocycles. The number of hydrogen-bond donors (Lipinski definition) is 0. The van der Waals surface area contributed by atoms with E-state index in [-0.39, 0.29) is 17.5 Å². The van der Waals surface area contributed by atoms with Gasteiger partial charge in [-0.3, -0.25) is 4.90 Å². The molecule has 1 aliphatic carbocycles. The summed E-state index contributed by atoms with van der Waals surface area (Å²) in [5.74, 6) is 0.445. The van der Waals surface area contributed by atoms with E-state index in [1.165, 1.54) is 46.3 Å². The van der Waals surface area contributed by atoms with E-state index in [0.717, 1.165) is 30.0 Å². The lowest BCUT2D eigenvalue weighted by Gasteiger charge is -2.24. The van der Waals surface area contributed by atoms with E-state index < -0.39 is 0 Å². The molecule has 0 N–H and O–H groups in total. The summed E-state index contributed by atoms with van der Waals surface area (Å²) in [6, 6.07) is 5.37. The Kier molecular flexibility index (Phi) is 6.42. The van der Waals surface area contributed by atoms with Crippen molar-refractivity contribution in [3.63, 3.8) is 0 Å². The molecule has 1 aromatic carbocycles. The van der Waals surface area contributed by atoms with Gasteiger partial charge in [-0.15, -0.1) is 0 Å². The molecular formula is C23H31NO4. The fraction of sp³-hybridized carbons (Fsp3) is 0.565. The third-order valence-electron chi connectivity index (χ3n) is 6.19. The van der Waals surface area contributed by atoms with Crippen LogP contribution in [-0.4, -0.2) is 32.8 Å². The van der Waals surface area contributed by atoms with E-state index in [4.69, 9.17) is 9.47 Å². The predicted molar refractivity (Wildman–Crippen MR) is 110 cm³/mol. The summed E-state index contributed by atoms with van der Waals surface area (Å²) in [4.78, 5) is 25.9. The van der Waals surface area contributed by atoms with Gasteiger partial charge < -0.3 is 9.47 Å². The van der Waals surface area contributed by atoms with E-state index in [0.29, 0.717) is 12.1 Å². The number of ether oxygens (including phenoxy) is 2. The van der Waals surface area contributed by atoms with Gasteiger partial charge in [-0.25, -0.2) is 9.59 Å². The Balaban J connectivity index is 1.79. The fourth-order valence-electron chi connectivity index (χ4n) is 4.52. The van der Waals surface area contributed by atoms with Crippen LogP contribution in [0.25, 0.3) is 0 Å². The average Bonchev–Trinajstić information content (AvgIpc) is 3.03. The summed E-state index contributed by atoms with van der Waals surface area (Å²) in [6.07, 6.45) is 12.9. The van der Waals surface area contributed by atoms with E-state index in [2.05, 4.69) is 19.1 Å². The van der Waals surface area contributed by atoms with Crippen molar-refractivity contribution in [1.29, 1.82) is 0 Å². The SMILES string of the molecule is COC(=O)c1ccc2c(c1)C(C)(C/C=C/CC1CCCCC1)CN2C(=O)OC. The highest BCUT2D eigenvalue weighted by Gasteiger charge is 2.41. The maximum atomic E-state index is 12.3. The smallest absolute Gasteiger partial charge is 0.414 e. The van der Waals surface area contributed by atoms with Crippen molar-refractivity contribution >= 4 is 17.7 Å². The zero-order valence-corrected chi connectivity index (χ0v) is 17.2. The number of anilines is 1. The minimum atomic E-state index is -0.373. The van der Waals surface area contributed by atoms with E-state index in [1.54, 1.807) is 11.0 Å². The molecule has 3 rings (SSSR count). The normalized spacial score (nSPS) is 22.3. The molecule has 0 radical (unpaired) electrons. The first-order valence-electron chi connectivity index (χ1n) is 10.2.